The Bertz CT molecular complexity index is 58.7. The molecular formula is CH2N2S2. The Kier molecular flexibility index (Phi) is 2.13. The van der Waals surface area contributed by atoms with Crippen molar-refractivity contribution in [1.82, 2.24) is 0 Å². The Morgan fingerprint density at radius 1 is 1.80 bits per heavy atom. The third-order valence-electron chi connectivity index (χ3n) is 0.0900. The highest BCUT2D eigenvalue weighted by Crippen LogP contribution is 1.58. The predicted octanol–water partition coefficient (Wildman–Crippen LogP) is -0.0395. The van der Waals surface area contributed by atoms with Crippen LogP contribution in [0.25, 0.3) is 0 Å². The Hall–Kier alpha value is -0.0900. The van der Waals surface area contributed by atoms with E-state index in [4.69, 9.17) is 5.73 Å². The molecule has 0 heterocycles. The van der Waals surface area contributed by atoms with Crippen molar-refractivity contribution in [1.29, 1.82) is 0 Å². The summed E-state index contributed by atoms with van der Waals surface area (Å²) in [7, 11) is 0. The smallest absolute Gasteiger partial charge is 0.202 e. The maximum absolute atomic E-state index is 4.75. The van der Waals surface area contributed by atoms with E-state index in [1.54, 1.807) is 0 Å². The van der Waals surface area contributed by atoms with Gasteiger partial charge in [-0.25, -0.2) is 0 Å². The van der Waals surface area contributed by atoms with E-state index in [0.717, 1.165) is 0 Å². The summed E-state index contributed by atoms with van der Waals surface area (Å²) in [6.45, 7) is 0. The second-order valence-corrected chi connectivity index (χ2v) is 1.03. The summed E-state index contributed by atoms with van der Waals surface area (Å²) in [4.78, 5) is 0. The van der Waals surface area contributed by atoms with Gasteiger partial charge >= 0.3 is 0 Å². The molecule has 0 atom stereocenters. The molecule has 4 heteroatoms. The van der Waals surface area contributed by atoms with E-state index >= 15 is 0 Å². The molecule has 0 amide bonds. The second kappa shape index (κ2) is 2.17. The van der Waals surface area contributed by atoms with Crippen LogP contribution in [0.5, 0.6) is 0 Å². The van der Waals surface area contributed by atoms with Crippen LogP contribution < -0.4 is 5.73 Å². The Morgan fingerprint density at radius 3 is 2.00 bits per heavy atom. The molecule has 5 heavy (non-hydrogen) atoms. The lowest BCUT2D eigenvalue weighted by molar-refractivity contribution is 1.68. The van der Waals surface area contributed by atoms with Crippen LogP contribution in [0.15, 0.2) is 4.36 Å². The zero-order valence-corrected chi connectivity index (χ0v) is 3.97. The normalized spacial score (nSPS) is 6.40. The third-order valence-corrected chi connectivity index (χ3v) is 0.494. The molecule has 0 aliphatic rings. The lowest BCUT2D eigenvalue weighted by atomic mass is 11.3. The minimum absolute atomic E-state index is 0.0278. The molecule has 0 aromatic heterocycles. The monoisotopic (exact) mass is 106 g/mol. The fourth-order valence-corrected chi connectivity index (χ4v) is 0. The van der Waals surface area contributed by atoms with E-state index < -0.39 is 0 Å². The van der Waals surface area contributed by atoms with Crippen LogP contribution >= 0.6 is 12.2 Å². The first-order valence-corrected chi connectivity index (χ1v) is 1.67. The van der Waals surface area contributed by atoms with Crippen molar-refractivity contribution in [2.75, 3.05) is 0 Å². The Balaban J connectivity index is 3.20. The lowest BCUT2D eigenvalue weighted by Gasteiger charge is -1.68. The highest BCUT2D eigenvalue weighted by Gasteiger charge is 1.66. The molecule has 0 unspecified atom stereocenters. The van der Waals surface area contributed by atoms with Crippen molar-refractivity contribution in [2.24, 2.45) is 10.1 Å². The molecule has 0 saturated heterocycles. The van der Waals surface area contributed by atoms with Crippen molar-refractivity contribution in [3.8, 4) is 0 Å². The molecule has 0 fully saturated rings. The molecule has 0 aromatic rings. The molecule has 28 valence electrons. The molecule has 0 spiro atoms. The van der Waals surface area contributed by atoms with Crippen molar-refractivity contribution in [3.63, 3.8) is 0 Å². The molecule has 0 aliphatic heterocycles. The van der Waals surface area contributed by atoms with Crippen LogP contribution in [0.3, 0.4) is 0 Å². The summed E-state index contributed by atoms with van der Waals surface area (Å²) in [6, 6.07) is 0. The van der Waals surface area contributed by atoms with E-state index in [1.807, 2.05) is 0 Å². The predicted molar refractivity (Wildman–Crippen MR) is 26.6 cm³/mol. The van der Waals surface area contributed by atoms with E-state index in [0.29, 0.717) is 0 Å². The average molecular weight is 106 g/mol. The lowest BCUT2D eigenvalue weighted by Crippen LogP contribution is -2.00. The minimum atomic E-state index is 0.0278. The quantitative estimate of drug-likeness (QED) is 0.440. The molecule has 2 N–H and O–H groups in total. The molecule has 0 radical (unpaired) electrons. The van der Waals surface area contributed by atoms with Crippen LogP contribution in [0, 0.1) is 0 Å². The average Bonchev–Trinajstić information content (AvgIpc) is 1.38. The maximum atomic E-state index is 4.75. The maximum Gasteiger partial charge on any atom is 0.202 e. The SMILES string of the molecule is NC(=S)N=S. The zero-order chi connectivity index (χ0) is 4.28. The van der Waals surface area contributed by atoms with Crippen molar-refractivity contribution in [2.45, 2.75) is 0 Å². The van der Waals surface area contributed by atoms with Crippen LogP contribution in [0.4, 0.5) is 0 Å². The van der Waals surface area contributed by atoms with Gasteiger partial charge in [0.25, 0.3) is 0 Å². The number of thiocarbonyl (C=S) groups is 1. The first kappa shape index (κ1) is 4.91. The Labute approximate surface area is 40.5 Å². The van der Waals surface area contributed by atoms with Crippen molar-refractivity contribution in [3.05, 3.63) is 0 Å². The van der Waals surface area contributed by atoms with Gasteiger partial charge in [-0.1, -0.05) is 0 Å². The largest absolute Gasteiger partial charge is 0.374 e. The van der Waals surface area contributed by atoms with Crippen LogP contribution in [-0.2, 0) is 12.4 Å². The van der Waals surface area contributed by atoms with Gasteiger partial charge in [0.1, 0.15) is 0 Å². The van der Waals surface area contributed by atoms with Crippen LogP contribution in [0.2, 0.25) is 0 Å². The third kappa shape index (κ3) is 3.91. The first-order chi connectivity index (χ1) is 2.27. The topological polar surface area (TPSA) is 38.4 Å². The van der Waals surface area contributed by atoms with Gasteiger partial charge in [0, 0.05) is 12.4 Å². The number of hydrogen-bond acceptors (Lipinski definition) is 2. The highest BCUT2D eigenvalue weighted by atomic mass is 32.1. The van der Waals surface area contributed by atoms with Crippen LogP contribution in [0.1, 0.15) is 0 Å². The van der Waals surface area contributed by atoms with Gasteiger partial charge < -0.3 is 5.73 Å². The van der Waals surface area contributed by atoms with Gasteiger partial charge in [0.2, 0.25) is 5.11 Å². The number of nitrogens with two attached hydrogens (primary N) is 1. The van der Waals surface area contributed by atoms with Crippen molar-refractivity contribution < 1.29 is 0 Å². The summed E-state index contributed by atoms with van der Waals surface area (Å²) < 4.78 is 2.98. The standard InChI is InChI=1S/CH2N2S2/c2-1(4)3-5/h(H2,2,4). The van der Waals surface area contributed by atoms with Gasteiger partial charge in [-0.15, -0.1) is 0 Å². The Morgan fingerprint density at radius 2 is 2.00 bits per heavy atom. The minimum Gasteiger partial charge on any atom is -0.374 e. The fourth-order valence-electron chi connectivity index (χ4n) is 0. The van der Waals surface area contributed by atoms with Crippen molar-refractivity contribution >= 4 is 29.8 Å². The van der Waals surface area contributed by atoms with Gasteiger partial charge in [-0.05, 0) is 12.2 Å². The molecule has 0 rings (SSSR count). The van der Waals surface area contributed by atoms with E-state index in [-0.39, 0.29) is 5.11 Å². The van der Waals surface area contributed by atoms with Gasteiger partial charge in [-0.3, -0.25) is 0 Å². The zero-order valence-electron chi connectivity index (χ0n) is 2.34. The summed E-state index contributed by atoms with van der Waals surface area (Å²) in [5, 5.41) is 0.0278. The first-order valence-electron chi connectivity index (χ1n) is 0.899. The number of rotatable bonds is 0. The molecule has 2 nitrogen and oxygen atoms in total. The van der Waals surface area contributed by atoms with Gasteiger partial charge in [-0.2, -0.15) is 4.36 Å². The van der Waals surface area contributed by atoms with Gasteiger partial charge in [0.15, 0.2) is 0 Å². The fraction of sp³-hybridized carbons (Fsp3) is 0. The molecule has 0 aliphatic carbocycles. The summed E-state index contributed by atoms with van der Waals surface area (Å²) in [5.41, 5.74) is 4.75. The molecule has 0 aromatic carbocycles. The molecular weight excluding hydrogens is 104 g/mol. The molecule has 0 saturated carbocycles. The summed E-state index contributed by atoms with van der Waals surface area (Å²) >= 11 is 8.24. The molecule has 0 bridgehead atoms. The second-order valence-electron chi connectivity index (χ2n) is 0.430. The van der Waals surface area contributed by atoms with Crippen LogP contribution in [-0.4, -0.2) is 5.11 Å². The number of hydrogen-bond donors (Lipinski definition) is 1. The highest BCUT2D eigenvalue weighted by molar-refractivity contribution is 7.80. The van der Waals surface area contributed by atoms with E-state index in [9.17, 15) is 0 Å². The van der Waals surface area contributed by atoms with E-state index in [1.165, 1.54) is 0 Å². The van der Waals surface area contributed by atoms with E-state index in [2.05, 4.69) is 29.0 Å². The number of nitrogens with zero attached hydrogens (tertiary/aromatic N) is 1. The summed E-state index contributed by atoms with van der Waals surface area (Å²) in [5.74, 6) is 0. The van der Waals surface area contributed by atoms with Gasteiger partial charge in [0.05, 0.1) is 0 Å². The summed E-state index contributed by atoms with van der Waals surface area (Å²) in [6.07, 6.45) is 0.